The van der Waals surface area contributed by atoms with Crippen molar-refractivity contribution < 1.29 is 9.52 Å². The van der Waals surface area contributed by atoms with Crippen LogP contribution in [0.15, 0.2) is 4.42 Å². The van der Waals surface area contributed by atoms with Crippen LogP contribution >= 0.6 is 0 Å². The molecule has 92 valence electrons. The Bertz CT molecular complexity index is 317. The zero-order valence-electron chi connectivity index (χ0n) is 10.5. The highest BCUT2D eigenvalue weighted by atomic mass is 16.4. The molecule has 0 aromatic carbocycles. The van der Waals surface area contributed by atoms with Gasteiger partial charge in [-0.05, 0) is 20.4 Å². The highest BCUT2D eigenvalue weighted by Gasteiger charge is 2.19. The van der Waals surface area contributed by atoms with Gasteiger partial charge in [0.2, 0.25) is 11.8 Å². The van der Waals surface area contributed by atoms with Crippen molar-refractivity contribution in [3.8, 4) is 0 Å². The van der Waals surface area contributed by atoms with Gasteiger partial charge in [0.15, 0.2) is 0 Å². The number of rotatable bonds is 6. The number of aliphatic hydroxyl groups is 1. The summed E-state index contributed by atoms with van der Waals surface area (Å²) in [6.45, 7) is 9.63. The second kappa shape index (κ2) is 5.41. The second-order valence-electron chi connectivity index (χ2n) is 4.56. The minimum Gasteiger partial charge on any atom is -0.424 e. The predicted molar refractivity (Wildman–Crippen MR) is 60.9 cm³/mol. The largest absolute Gasteiger partial charge is 0.424 e. The molecule has 0 atom stereocenters. The minimum absolute atomic E-state index is 0.591. The molecule has 1 heterocycles. The number of aryl methyl sites for hydroxylation is 1. The summed E-state index contributed by atoms with van der Waals surface area (Å²) in [5, 5.41) is 17.6. The Balaban J connectivity index is 2.56. The molecule has 0 spiro atoms. The Labute approximate surface area is 96.5 Å². The standard InChI is InChI=1S/C11H21N3O2/c1-5-9-12-13-10(16-9)7-14(6-2)8-11(3,4)15/h15H,5-8H2,1-4H3. The lowest BCUT2D eigenvalue weighted by atomic mass is 10.1. The summed E-state index contributed by atoms with van der Waals surface area (Å²) in [4.78, 5) is 2.08. The molecule has 0 fully saturated rings. The molecule has 0 saturated heterocycles. The van der Waals surface area contributed by atoms with Crippen molar-refractivity contribution in [2.75, 3.05) is 13.1 Å². The van der Waals surface area contributed by atoms with Crippen LogP contribution < -0.4 is 0 Å². The van der Waals surface area contributed by atoms with Gasteiger partial charge in [-0.1, -0.05) is 13.8 Å². The summed E-state index contributed by atoms with van der Waals surface area (Å²) < 4.78 is 5.43. The van der Waals surface area contributed by atoms with E-state index in [0.717, 1.165) is 13.0 Å². The molecule has 0 radical (unpaired) electrons. The lowest BCUT2D eigenvalue weighted by Gasteiger charge is -2.26. The van der Waals surface area contributed by atoms with E-state index in [4.69, 9.17) is 4.42 Å². The van der Waals surface area contributed by atoms with Crippen LogP contribution in [0.3, 0.4) is 0 Å². The Morgan fingerprint density at radius 3 is 2.31 bits per heavy atom. The maximum Gasteiger partial charge on any atom is 0.230 e. The van der Waals surface area contributed by atoms with Gasteiger partial charge in [0.25, 0.3) is 0 Å². The van der Waals surface area contributed by atoms with Crippen molar-refractivity contribution in [3.05, 3.63) is 11.8 Å². The molecule has 16 heavy (non-hydrogen) atoms. The van der Waals surface area contributed by atoms with E-state index >= 15 is 0 Å². The monoisotopic (exact) mass is 227 g/mol. The zero-order chi connectivity index (χ0) is 12.2. The fraction of sp³-hybridized carbons (Fsp3) is 0.818. The Morgan fingerprint density at radius 1 is 1.25 bits per heavy atom. The summed E-state index contributed by atoms with van der Waals surface area (Å²) in [6, 6.07) is 0. The maximum atomic E-state index is 9.74. The minimum atomic E-state index is -0.705. The topological polar surface area (TPSA) is 62.4 Å². The third kappa shape index (κ3) is 4.28. The van der Waals surface area contributed by atoms with E-state index in [1.807, 2.05) is 13.8 Å². The summed E-state index contributed by atoms with van der Waals surface area (Å²) in [5.74, 6) is 1.28. The second-order valence-corrected chi connectivity index (χ2v) is 4.56. The van der Waals surface area contributed by atoms with Crippen molar-refractivity contribution >= 4 is 0 Å². The maximum absolute atomic E-state index is 9.74. The lowest BCUT2D eigenvalue weighted by Crippen LogP contribution is -2.38. The molecule has 1 N–H and O–H groups in total. The van der Waals surface area contributed by atoms with Crippen LogP contribution in [0.2, 0.25) is 0 Å². The lowest BCUT2D eigenvalue weighted by molar-refractivity contribution is 0.0327. The molecule has 1 rings (SSSR count). The molecule has 1 aromatic heterocycles. The number of hydrogen-bond acceptors (Lipinski definition) is 5. The molecule has 0 aliphatic carbocycles. The van der Waals surface area contributed by atoms with Gasteiger partial charge < -0.3 is 9.52 Å². The van der Waals surface area contributed by atoms with Gasteiger partial charge in [-0.15, -0.1) is 10.2 Å². The van der Waals surface area contributed by atoms with E-state index in [1.165, 1.54) is 0 Å². The molecule has 0 saturated carbocycles. The van der Waals surface area contributed by atoms with Crippen LogP contribution in [-0.4, -0.2) is 38.9 Å². The number of hydrogen-bond donors (Lipinski definition) is 1. The molecular formula is C11H21N3O2. The third-order valence-electron chi connectivity index (χ3n) is 2.23. The molecule has 0 amide bonds. The quantitative estimate of drug-likeness (QED) is 0.791. The van der Waals surface area contributed by atoms with Gasteiger partial charge in [0.1, 0.15) is 0 Å². The van der Waals surface area contributed by atoms with Crippen molar-refractivity contribution in [2.24, 2.45) is 0 Å². The van der Waals surface area contributed by atoms with Crippen molar-refractivity contribution in [3.63, 3.8) is 0 Å². The van der Waals surface area contributed by atoms with E-state index in [0.29, 0.717) is 24.9 Å². The molecule has 5 nitrogen and oxygen atoms in total. The van der Waals surface area contributed by atoms with E-state index in [-0.39, 0.29) is 0 Å². The highest BCUT2D eigenvalue weighted by Crippen LogP contribution is 2.09. The molecule has 0 aliphatic heterocycles. The smallest absolute Gasteiger partial charge is 0.230 e. The average Bonchev–Trinajstić information content (AvgIpc) is 2.62. The van der Waals surface area contributed by atoms with Gasteiger partial charge in [0.05, 0.1) is 12.1 Å². The van der Waals surface area contributed by atoms with Gasteiger partial charge in [-0.2, -0.15) is 0 Å². The molecule has 0 aliphatic rings. The van der Waals surface area contributed by atoms with E-state index in [1.54, 1.807) is 13.8 Å². The molecular weight excluding hydrogens is 206 g/mol. The first-order valence-electron chi connectivity index (χ1n) is 5.70. The van der Waals surface area contributed by atoms with Crippen LogP contribution in [0, 0.1) is 0 Å². The van der Waals surface area contributed by atoms with Crippen LogP contribution in [0.1, 0.15) is 39.5 Å². The Morgan fingerprint density at radius 2 is 1.88 bits per heavy atom. The Hall–Kier alpha value is -0.940. The predicted octanol–water partition coefficient (Wildman–Crippen LogP) is 1.22. The molecule has 0 bridgehead atoms. The fourth-order valence-electron chi connectivity index (χ4n) is 1.51. The summed E-state index contributed by atoms with van der Waals surface area (Å²) in [6.07, 6.45) is 0.755. The first-order valence-corrected chi connectivity index (χ1v) is 5.70. The van der Waals surface area contributed by atoms with E-state index < -0.39 is 5.60 Å². The van der Waals surface area contributed by atoms with E-state index in [2.05, 4.69) is 15.1 Å². The number of aromatic nitrogens is 2. The SMILES string of the molecule is CCc1nnc(CN(CC)CC(C)(C)O)o1. The van der Waals surface area contributed by atoms with Gasteiger partial charge in [-0.3, -0.25) is 4.90 Å². The van der Waals surface area contributed by atoms with Gasteiger partial charge >= 0.3 is 0 Å². The summed E-state index contributed by atoms with van der Waals surface area (Å²) in [7, 11) is 0. The first-order chi connectivity index (χ1) is 7.44. The normalized spacial score (nSPS) is 12.4. The van der Waals surface area contributed by atoms with Gasteiger partial charge in [0, 0.05) is 13.0 Å². The fourth-order valence-corrected chi connectivity index (χ4v) is 1.51. The van der Waals surface area contributed by atoms with Crippen molar-refractivity contribution in [1.29, 1.82) is 0 Å². The molecule has 1 aromatic rings. The van der Waals surface area contributed by atoms with Crippen LogP contribution in [0.25, 0.3) is 0 Å². The average molecular weight is 227 g/mol. The zero-order valence-corrected chi connectivity index (χ0v) is 10.5. The van der Waals surface area contributed by atoms with E-state index in [9.17, 15) is 5.11 Å². The first kappa shape index (κ1) is 13.1. The molecule has 0 unspecified atom stereocenters. The summed E-state index contributed by atoms with van der Waals surface area (Å²) in [5.41, 5.74) is -0.705. The van der Waals surface area contributed by atoms with Crippen LogP contribution in [-0.2, 0) is 13.0 Å². The van der Waals surface area contributed by atoms with Crippen molar-refractivity contribution in [1.82, 2.24) is 15.1 Å². The van der Waals surface area contributed by atoms with Crippen LogP contribution in [0.4, 0.5) is 0 Å². The van der Waals surface area contributed by atoms with Gasteiger partial charge in [-0.25, -0.2) is 0 Å². The number of nitrogens with zero attached hydrogens (tertiary/aromatic N) is 3. The summed E-state index contributed by atoms with van der Waals surface area (Å²) >= 11 is 0. The molecule has 5 heteroatoms. The third-order valence-corrected chi connectivity index (χ3v) is 2.23. The Kier molecular flexibility index (Phi) is 4.44. The van der Waals surface area contributed by atoms with Crippen molar-refractivity contribution in [2.45, 2.75) is 46.3 Å². The van der Waals surface area contributed by atoms with Crippen LogP contribution in [0.5, 0.6) is 0 Å². The highest BCUT2D eigenvalue weighted by molar-refractivity contribution is 4.82. The number of likely N-dealkylation sites (N-methyl/N-ethyl adjacent to an activating group) is 1.